The lowest BCUT2D eigenvalue weighted by atomic mass is 9.72. The number of thiophene rings is 1. The lowest BCUT2D eigenvalue weighted by molar-refractivity contribution is 0.0600. The van der Waals surface area contributed by atoms with Gasteiger partial charge in [0.25, 0.3) is 5.91 Å². The minimum atomic E-state index is -0.393. The third-order valence-corrected chi connectivity index (χ3v) is 6.38. The number of hydrogen-bond donors (Lipinski definition) is 1. The molecule has 0 radical (unpaired) electrons. The Kier molecular flexibility index (Phi) is 4.97. The van der Waals surface area contributed by atoms with Gasteiger partial charge in [0, 0.05) is 4.88 Å². The Hall–Kier alpha value is -2.08. The molecule has 1 aliphatic rings. The molecule has 2 aromatic heterocycles. The number of fused-ring (bicyclic) bond motifs is 1. The number of carbonyl (C=O) groups excluding carboxylic acids is 2. The zero-order valence-electron chi connectivity index (χ0n) is 15.9. The fraction of sp³-hybridized carbons (Fsp3) is 0.500. The van der Waals surface area contributed by atoms with E-state index < -0.39 is 5.97 Å². The minimum absolute atomic E-state index is 0.213. The Morgan fingerprint density at radius 2 is 2.08 bits per heavy atom. The molecule has 0 saturated heterocycles. The number of furan rings is 1. The average Bonchev–Trinajstić information content (AvgIpc) is 3.15. The summed E-state index contributed by atoms with van der Waals surface area (Å²) in [4.78, 5) is 26.2. The fourth-order valence-electron chi connectivity index (χ4n) is 3.52. The van der Waals surface area contributed by atoms with Crippen molar-refractivity contribution in [1.82, 2.24) is 0 Å². The maximum Gasteiger partial charge on any atom is 0.341 e. The highest BCUT2D eigenvalue weighted by Gasteiger charge is 2.34. The number of aryl methyl sites for hydroxylation is 1. The van der Waals surface area contributed by atoms with Crippen LogP contribution in [-0.2, 0) is 17.6 Å². The highest BCUT2D eigenvalue weighted by Crippen LogP contribution is 2.44. The summed E-state index contributed by atoms with van der Waals surface area (Å²) in [7, 11) is 1.37. The van der Waals surface area contributed by atoms with E-state index in [2.05, 4.69) is 26.1 Å². The first-order valence-corrected chi connectivity index (χ1v) is 9.62. The number of ether oxygens (including phenoxy) is 1. The molecule has 0 spiro atoms. The molecule has 1 amide bonds. The fourth-order valence-corrected chi connectivity index (χ4v) is 4.83. The molecule has 5 nitrogen and oxygen atoms in total. The summed E-state index contributed by atoms with van der Waals surface area (Å²) in [6.07, 6.45) is 4.28. The molecular formula is C20H25NO4S. The first-order chi connectivity index (χ1) is 12.2. The summed E-state index contributed by atoms with van der Waals surface area (Å²) in [5, 5.41) is 3.47. The molecule has 0 unspecified atom stereocenters. The minimum Gasteiger partial charge on any atom is -0.469 e. The number of carbonyl (C=O) groups is 2. The average molecular weight is 375 g/mol. The third kappa shape index (κ3) is 3.43. The van der Waals surface area contributed by atoms with Gasteiger partial charge < -0.3 is 14.5 Å². The molecule has 0 fully saturated rings. The van der Waals surface area contributed by atoms with Crippen molar-refractivity contribution in [3.8, 4) is 0 Å². The van der Waals surface area contributed by atoms with E-state index in [1.807, 2.05) is 0 Å². The Balaban J connectivity index is 1.95. The molecule has 0 bridgehead atoms. The van der Waals surface area contributed by atoms with Crippen LogP contribution in [0.3, 0.4) is 0 Å². The van der Waals surface area contributed by atoms with Gasteiger partial charge in [0.05, 0.1) is 24.5 Å². The predicted molar refractivity (Wildman–Crippen MR) is 102 cm³/mol. The molecule has 3 rings (SSSR count). The van der Waals surface area contributed by atoms with Crippen molar-refractivity contribution in [2.75, 3.05) is 12.4 Å². The summed E-state index contributed by atoms with van der Waals surface area (Å²) >= 11 is 1.49. The number of anilines is 1. The monoisotopic (exact) mass is 375 g/mol. The Morgan fingerprint density at radius 1 is 1.35 bits per heavy atom. The zero-order valence-corrected chi connectivity index (χ0v) is 16.7. The number of hydrogen-bond acceptors (Lipinski definition) is 5. The van der Waals surface area contributed by atoms with Gasteiger partial charge in [0.1, 0.15) is 10.8 Å². The van der Waals surface area contributed by atoms with Crippen molar-refractivity contribution in [1.29, 1.82) is 0 Å². The maximum absolute atomic E-state index is 12.6. The van der Waals surface area contributed by atoms with Crippen LogP contribution in [0.1, 0.15) is 64.1 Å². The summed E-state index contributed by atoms with van der Waals surface area (Å²) in [5.74, 6) is 0.443. The van der Waals surface area contributed by atoms with Crippen molar-refractivity contribution in [3.05, 3.63) is 39.7 Å². The van der Waals surface area contributed by atoms with E-state index in [1.165, 1.54) is 29.6 Å². The Labute approximate surface area is 157 Å². The standard InChI is InChI=1S/C20H25NO4S/c1-11-13(8-9-25-11)17(22)21-18-16(19(23)24-5)14-7-6-12(20(2,3)4)10-15(14)26-18/h8-9,12H,6-7,10H2,1-5H3,(H,21,22)/t12-/m1/s1. The topological polar surface area (TPSA) is 68.5 Å². The Bertz CT molecular complexity index is 841. The van der Waals surface area contributed by atoms with E-state index in [0.29, 0.717) is 27.8 Å². The van der Waals surface area contributed by atoms with E-state index in [4.69, 9.17) is 9.15 Å². The first kappa shape index (κ1) is 18.7. The van der Waals surface area contributed by atoms with Crippen LogP contribution < -0.4 is 5.32 Å². The summed E-state index contributed by atoms with van der Waals surface area (Å²) in [6, 6.07) is 1.63. The lowest BCUT2D eigenvalue weighted by Gasteiger charge is -2.33. The molecule has 2 heterocycles. The highest BCUT2D eigenvalue weighted by atomic mass is 32.1. The third-order valence-electron chi connectivity index (χ3n) is 5.21. The second-order valence-corrected chi connectivity index (χ2v) is 8.96. The summed E-state index contributed by atoms with van der Waals surface area (Å²) < 4.78 is 10.2. The second-order valence-electron chi connectivity index (χ2n) is 7.85. The maximum atomic E-state index is 12.6. The van der Waals surface area contributed by atoms with Gasteiger partial charge >= 0.3 is 5.97 Å². The molecule has 6 heteroatoms. The van der Waals surface area contributed by atoms with Crippen molar-refractivity contribution in [3.63, 3.8) is 0 Å². The van der Waals surface area contributed by atoms with Crippen LogP contribution in [0.4, 0.5) is 5.00 Å². The van der Waals surface area contributed by atoms with Crippen molar-refractivity contribution in [2.24, 2.45) is 11.3 Å². The molecule has 1 atom stereocenters. The van der Waals surface area contributed by atoms with E-state index in [9.17, 15) is 9.59 Å². The van der Waals surface area contributed by atoms with Gasteiger partial charge in [0.2, 0.25) is 0 Å². The van der Waals surface area contributed by atoms with Gasteiger partial charge in [-0.15, -0.1) is 11.3 Å². The number of rotatable bonds is 3. The molecular weight excluding hydrogens is 350 g/mol. The summed E-state index contributed by atoms with van der Waals surface area (Å²) in [5.41, 5.74) is 2.22. The number of esters is 1. The van der Waals surface area contributed by atoms with Crippen molar-refractivity contribution < 1.29 is 18.7 Å². The quantitative estimate of drug-likeness (QED) is 0.780. The van der Waals surface area contributed by atoms with Crippen LogP contribution in [0, 0.1) is 18.3 Å². The molecule has 2 aromatic rings. The normalized spacial score (nSPS) is 16.9. The van der Waals surface area contributed by atoms with Crippen molar-refractivity contribution >= 4 is 28.2 Å². The first-order valence-electron chi connectivity index (χ1n) is 8.80. The molecule has 0 saturated carbocycles. The van der Waals surface area contributed by atoms with Gasteiger partial charge in [-0.2, -0.15) is 0 Å². The highest BCUT2D eigenvalue weighted by molar-refractivity contribution is 7.17. The van der Waals surface area contributed by atoms with Crippen LogP contribution in [-0.4, -0.2) is 19.0 Å². The zero-order chi connectivity index (χ0) is 19.1. The SMILES string of the molecule is COC(=O)c1c(NC(=O)c2ccoc2C)sc2c1CC[C@@H](C(C)(C)C)C2. The number of nitrogens with one attached hydrogen (secondary N) is 1. The van der Waals surface area contributed by atoms with E-state index in [1.54, 1.807) is 13.0 Å². The van der Waals surface area contributed by atoms with Gasteiger partial charge in [-0.05, 0) is 49.1 Å². The van der Waals surface area contributed by atoms with E-state index >= 15 is 0 Å². The van der Waals surface area contributed by atoms with Crippen molar-refractivity contribution in [2.45, 2.75) is 47.0 Å². The molecule has 0 aromatic carbocycles. The van der Waals surface area contributed by atoms with Crippen LogP contribution in [0.5, 0.6) is 0 Å². The van der Waals surface area contributed by atoms with E-state index in [-0.39, 0.29) is 11.3 Å². The van der Waals surface area contributed by atoms with Gasteiger partial charge in [-0.3, -0.25) is 4.79 Å². The summed E-state index contributed by atoms with van der Waals surface area (Å²) in [6.45, 7) is 8.50. The largest absolute Gasteiger partial charge is 0.469 e. The molecule has 1 N–H and O–H groups in total. The van der Waals surface area contributed by atoms with Gasteiger partial charge in [-0.1, -0.05) is 20.8 Å². The molecule has 1 aliphatic carbocycles. The number of amides is 1. The van der Waals surface area contributed by atoms with Crippen LogP contribution in [0.15, 0.2) is 16.7 Å². The molecule has 0 aliphatic heterocycles. The predicted octanol–water partition coefficient (Wildman–Crippen LogP) is 4.84. The Morgan fingerprint density at radius 3 is 2.65 bits per heavy atom. The van der Waals surface area contributed by atoms with E-state index in [0.717, 1.165) is 24.8 Å². The smallest absolute Gasteiger partial charge is 0.341 e. The number of methoxy groups -OCH3 is 1. The second kappa shape index (κ2) is 6.91. The van der Waals surface area contributed by atoms with Crippen LogP contribution in [0.2, 0.25) is 0 Å². The lowest BCUT2D eigenvalue weighted by Crippen LogP contribution is -2.26. The van der Waals surface area contributed by atoms with Gasteiger partial charge in [0.15, 0.2) is 0 Å². The van der Waals surface area contributed by atoms with Crippen LogP contribution in [0.25, 0.3) is 0 Å². The molecule has 26 heavy (non-hydrogen) atoms. The molecule has 140 valence electrons. The van der Waals surface area contributed by atoms with Gasteiger partial charge in [-0.25, -0.2) is 4.79 Å². The van der Waals surface area contributed by atoms with Crippen LogP contribution >= 0.6 is 11.3 Å².